The van der Waals surface area contributed by atoms with Crippen LogP contribution in [0.25, 0.3) is 0 Å². The molecule has 0 aromatic rings. The number of carbonyl (C=O) groups excluding carboxylic acids is 1. The van der Waals surface area contributed by atoms with E-state index < -0.39 is 69.8 Å². The van der Waals surface area contributed by atoms with Gasteiger partial charge in [0.15, 0.2) is 5.78 Å². The monoisotopic (exact) mass is 892 g/mol. The van der Waals surface area contributed by atoms with Crippen molar-refractivity contribution >= 4 is 5.78 Å². The normalized spacial score (nSPS) is 47.8. The Hall–Kier alpha value is -2.13. The number of fused-ring (bicyclic) bond motifs is 5. The summed E-state index contributed by atoms with van der Waals surface area (Å²) in [5, 5.41) is 91.3. The van der Waals surface area contributed by atoms with E-state index in [0.717, 1.165) is 49.8 Å². The van der Waals surface area contributed by atoms with Crippen molar-refractivity contribution in [2.24, 2.45) is 63.9 Å². The number of Topliss-reactive ketones (excluding diaryl/α,β-unsaturated/α-hetero) is 1. The van der Waals surface area contributed by atoms with Crippen LogP contribution in [0.3, 0.4) is 0 Å². The molecule has 6 fully saturated rings. The summed E-state index contributed by atoms with van der Waals surface area (Å²) in [6, 6.07) is 0. The van der Waals surface area contributed by atoms with Gasteiger partial charge in [-0.1, -0.05) is 64.2 Å². The van der Waals surface area contributed by atoms with Crippen molar-refractivity contribution in [3.05, 3.63) is 46.8 Å². The van der Waals surface area contributed by atoms with Crippen LogP contribution in [0.2, 0.25) is 0 Å². The molecule has 64 heavy (non-hydrogen) atoms. The zero-order valence-corrected chi connectivity index (χ0v) is 39.1. The van der Waals surface area contributed by atoms with E-state index in [-0.39, 0.29) is 68.2 Å². The van der Waals surface area contributed by atoms with E-state index in [1.807, 2.05) is 13.0 Å². The van der Waals surface area contributed by atoms with E-state index in [9.17, 15) is 35.7 Å². The van der Waals surface area contributed by atoms with Crippen molar-refractivity contribution in [2.75, 3.05) is 13.2 Å². The predicted octanol–water partition coefficient (Wildman–Crippen LogP) is 4.79. The van der Waals surface area contributed by atoms with Crippen LogP contribution in [0.15, 0.2) is 46.8 Å². The number of nitrogens with one attached hydrogen (secondary N) is 2. The average molecular weight is 892 g/mol. The van der Waals surface area contributed by atoms with Crippen molar-refractivity contribution in [1.82, 2.24) is 10.6 Å². The first-order chi connectivity index (χ1) is 30.4. The first kappa shape index (κ1) is 47.0. The zero-order chi connectivity index (χ0) is 45.6. The highest BCUT2D eigenvalue weighted by Crippen LogP contribution is 2.73. The largest absolute Gasteiger partial charge is 0.396 e. The van der Waals surface area contributed by atoms with Crippen LogP contribution < -0.4 is 16.4 Å². The number of aliphatic hydroxyl groups is 7. The molecule has 1 saturated heterocycles. The fraction of sp³-hybridized carbons (Fsp3) is 0.827. The summed E-state index contributed by atoms with van der Waals surface area (Å²) < 4.78 is 7.10. The molecule has 0 amide bonds. The molecule has 2 aliphatic heterocycles. The lowest BCUT2D eigenvalue weighted by molar-refractivity contribution is -0.254. The fourth-order valence-electron chi connectivity index (χ4n) is 16.6. The highest BCUT2D eigenvalue weighted by atomic mass is 16.5. The number of hydrogen-bond donors (Lipinski definition) is 10. The SMILES string of the molecule is CCC[C@H]1CC[C@H]2[C@@H]3CCCC[C@](O)([C@](C)(O)[C@H]4CC[C@@]5(O)C6=C(NC[C@H](C)O)C(=O)[C@@H]7C[C@@H](O)[C@@H](O)C[C@@]78C[C@@H](C7=C(CCCO)NC(N)C=C7)C=C[C@H](C[C@]45C)[C@@H]68)[C@@H]3O[C@@H]2CC1. The lowest BCUT2D eigenvalue weighted by Crippen LogP contribution is -2.70. The number of rotatable bonds is 11. The highest BCUT2D eigenvalue weighted by molar-refractivity contribution is 6.00. The van der Waals surface area contributed by atoms with Crippen molar-refractivity contribution in [3.63, 3.8) is 0 Å². The predicted molar refractivity (Wildman–Crippen MR) is 244 cm³/mol. The molecule has 9 aliphatic rings. The van der Waals surface area contributed by atoms with E-state index in [1.165, 1.54) is 19.3 Å². The van der Waals surface area contributed by atoms with Gasteiger partial charge in [-0.05, 0) is 155 Å². The average Bonchev–Trinajstić information content (AvgIpc) is 3.49. The molecule has 0 aromatic carbocycles. The van der Waals surface area contributed by atoms with Crippen molar-refractivity contribution in [1.29, 1.82) is 0 Å². The number of allylic oxidation sites excluding steroid dienone is 6. The van der Waals surface area contributed by atoms with Gasteiger partial charge in [0.25, 0.3) is 0 Å². The Bertz CT molecular complexity index is 1900. The molecule has 1 unspecified atom stereocenters. The minimum atomic E-state index is -1.67. The van der Waals surface area contributed by atoms with Crippen LogP contribution in [0, 0.1) is 58.2 Å². The summed E-state index contributed by atoms with van der Waals surface area (Å²) in [5.41, 5.74) is 2.51. The van der Waals surface area contributed by atoms with Crippen LogP contribution in [-0.4, -0.2) is 108 Å². The van der Waals surface area contributed by atoms with Crippen LogP contribution in [0.5, 0.6) is 0 Å². The zero-order valence-electron chi connectivity index (χ0n) is 39.1. The third-order valence-corrected chi connectivity index (χ3v) is 19.5. The third kappa shape index (κ3) is 7.28. The van der Waals surface area contributed by atoms with Crippen LogP contribution in [0.4, 0.5) is 0 Å². The molecular formula is C52H81N3O9. The smallest absolute Gasteiger partial charge is 0.182 e. The van der Waals surface area contributed by atoms with Crippen molar-refractivity contribution < 1.29 is 45.3 Å². The fourth-order valence-corrected chi connectivity index (χ4v) is 16.6. The topological polar surface area (TPSA) is 218 Å². The maximum atomic E-state index is 15.5. The Kier molecular flexibility index (Phi) is 12.8. The number of hydrogen-bond acceptors (Lipinski definition) is 12. The number of dihydropyridines is 1. The first-order valence-corrected chi connectivity index (χ1v) is 25.6. The molecule has 11 N–H and O–H groups in total. The summed E-state index contributed by atoms with van der Waals surface area (Å²) in [6.07, 6.45) is 17.6. The van der Waals surface area contributed by atoms with Crippen molar-refractivity contribution in [3.8, 4) is 0 Å². The summed E-state index contributed by atoms with van der Waals surface area (Å²) in [7, 11) is 0. The van der Waals surface area contributed by atoms with Crippen molar-refractivity contribution in [2.45, 2.75) is 197 Å². The van der Waals surface area contributed by atoms with E-state index in [2.05, 4.69) is 42.7 Å². The second-order valence-corrected chi connectivity index (χ2v) is 23.0. The van der Waals surface area contributed by atoms with Gasteiger partial charge >= 0.3 is 0 Å². The van der Waals surface area contributed by atoms with Gasteiger partial charge in [0, 0.05) is 36.1 Å². The van der Waals surface area contributed by atoms with Gasteiger partial charge in [-0.2, -0.15) is 0 Å². The number of carbonyl (C=O) groups is 1. The Balaban J connectivity index is 1.16. The minimum Gasteiger partial charge on any atom is -0.396 e. The summed E-state index contributed by atoms with van der Waals surface area (Å²) in [5.74, 6) is -1.13. The van der Waals surface area contributed by atoms with Crippen LogP contribution in [-0.2, 0) is 9.53 Å². The van der Waals surface area contributed by atoms with E-state index >= 15 is 4.79 Å². The van der Waals surface area contributed by atoms with Gasteiger partial charge in [0.05, 0.1) is 53.6 Å². The van der Waals surface area contributed by atoms with Gasteiger partial charge in [-0.15, -0.1) is 0 Å². The summed E-state index contributed by atoms with van der Waals surface area (Å²) in [6.45, 7) is 7.91. The molecule has 0 bridgehead atoms. The summed E-state index contributed by atoms with van der Waals surface area (Å²) in [4.78, 5) is 15.5. The Morgan fingerprint density at radius 3 is 2.53 bits per heavy atom. The van der Waals surface area contributed by atoms with Gasteiger partial charge in [-0.3, -0.25) is 4.79 Å². The van der Waals surface area contributed by atoms with Gasteiger partial charge < -0.3 is 56.8 Å². The molecule has 7 aliphatic carbocycles. The maximum Gasteiger partial charge on any atom is 0.182 e. The molecule has 19 atom stereocenters. The quantitative estimate of drug-likeness (QED) is 0.127. The Morgan fingerprint density at radius 2 is 1.78 bits per heavy atom. The molecule has 358 valence electrons. The third-order valence-electron chi connectivity index (χ3n) is 19.5. The van der Waals surface area contributed by atoms with Gasteiger partial charge in [0.2, 0.25) is 0 Å². The summed E-state index contributed by atoms with van der Waals surface area (Å²) >= 11 is 0. The lowest BCUT2D eigenvalue weighted by atomic mass is 9.41. The first-order valence-electron chi connectivity index (χ1n) is 25.6. The molecule has 5 saturated carbocycles. The number of nitrogens with two attached hydrogens (primary N) is 1. The number of ether oxygens (including phenoxy) is 1. The van der Waals surface area contributed by atoms with Crippen LogP contribution >= 0.6 is 0 Å². The minimum absolute atomic E-state index is 0.0223. The molecule has 12 heteroatoms. The number of ketones is 1. The second-order valence-electron chi connectivity index (χ2n) is 23.0. The van der Waals surface area contributed by atoms with Gasteiger partial charge in [-0.25, -0.2) is 0 Å². The van der Waals surface area contributed by atoms with E-state index in [0.29, 0.717) is 61.6 Å². The van der Waals surface area contributed by atoms with E-state index in [1.54, 1.807) is 6.92 Å². The molecule has 0 aromatic heterocycles. The highest BCUT2D eigenvalue weighted by Gasteiger charge is 2.75. The molecule has 2 heterocycles. The second kappa shape index (κ2) is 17.4. The molecular weight excluding hydrogens is 811 g/mol. The standard InChI is InChI=1S/C52H81N3O9/c1-5-9-30-12-16-34-35-10-6-7-21-52(63,47(35)64-40(34)18-13-30)49(4,61)41-20-22-51(62)44-43-32(25-48(41,51)3)15-14-31(33-17-19-42(53)55-37(33)11-8-23-56)26-50(43)27-39(59)38(58)24-36(50)46(60)45(44)54-28-29(2)57/h14-15,17,19,29-32,34-36,38-43,47,54-59,61-63H,5-13,16,18,20-28,53H2,1-4H3/t29-,30-,31-,32+,34-,35-,36-,38+,39-,40+,41-,42?,43-,47+,48+,49+,50-,51+,52+/m0/s1. The maximum absolute atomic E-state index is 15.5. The molecule has 1 spiro atoms. The number of aliphatic hydroxyl groups excluding tert-OH is 4. The lowest BCUT2D eigenvalue weighted by Gasteiger charge is -2.64. The Morgan fingerprint density at radius 1 is 1.00 bits per heavy atom. The van der Waals surface area contributed by atoms with Crippen LogP contribution in [0.1, 0.15) is 143 Å². The molecule has 12 nitrogen and oxygen atoms in total. The van der Waals surface area contributed by atoms with Gasteiger partial charge in [0.1, 0.15) is 5.60 Å². The van der Waals surface area contributed by atoms with E-state index in [4.69, 9.17) is 10.5 Å². The Labute approximate surface area is 381 Å². The molecule has 9 rings (SSSR count). The molecule has 0 radical (unpaired) electrons.